The van der Waals surface area contributed by atoms with Crippen molar-refractivity contribution in [1.29, 1.82) is 0 Å². The second-order valence-electron chi connectivity index (χ2n) is 7.61. The highest BCUT2D eigenvalue weighted by molar-refractivity contribution is 7.89. The first-order chi connectivity index (χ1) is 15.9. The summed E-state index contributed by atoms with van der Waals surface area (Å²) in [4.78, 5) is 27.2. The van der Waals surface area contributed by atoms with Gasteiger partial charge in [-0.3, -0.25) is 9.59 Å². The third kappa shape index (κ3) is 4.40. The molecular formula is C24H24N2O6S. The first kappa shape index (κ1) is 23.1. The van der Waals surface area contributed by atoms with Gasteiger partial charge in [0.15, 0.2) is 6.29 Å². The van der Waals surface area contributed by atoms with Crippen LogP contribution < -0.4 is 4.90 Å². The number of anilines is 1. The van der Waals surface area contributed by atoms with Crippen LogP contribution in [0.5, 0.6) is 0 Å². The highest BCUT2D eigenvalue weighted by Gasteiger charge is 2.47. The molecular weight excluding hydrogens is 444 g/mol. The number of imide groups is 1. The number of carbonyl (C=O) groups is 2. The van der Waals surface area contributed by atoms with Gasteiger partial charge in [-0.05, 0) is 35.0 Å². The average Bonchev–Trinajstić information content (AvgIpc) is 3.13. The van der Waals surface area contributed by atoms with Crippen molar-refractivity contribution < 1.29 is 27.5 Å². The highest BCUT2D eigenvalue weighted by Crippen LogP contribution is 2.30. The quantitative estimate of drug-likeness (QED) is 0.373. The number of ether oxygens (including phenoxy) is 2. The molecule has 33 heavy (non-hydrogen) atoms. The molecule has 3 aromatic rings. The molecule has 0 saturated carbocycles. The number of fused-ring (bicyclic) bond motifs is 1. The summed E-state index contributed by atoms with van der Waals surface area (Å²) in [5, 5.41) is 1.63. The summed E-state index contributed by atoms with van der Waals surface area (Å²) in [5.74, 6) is -1.08. The van der Waals surface area contributed by atoms with Crippen molar-refractivity contribution in [2.45, 2.75) is 23.6 Å². The molecule has 0 spiro atoms. The number of carbonyl (C=O) groups excluding carboxylic acids is 2. The van der Waals surface area contributed by atoms with Crippen molar-refractivity contribution >= 4 is 38.3 Å². The Morgan fingerprint density at radius 1 is 0.939 bits per heavy atom. The maximum atomic E-state index is 13.8. The zero-order valence-corrected chi connectivity index (χ0v) is 19.1. The van der Waals surface area contributed by atoms with E-state index in [4.69, 9.17) is 9.47 Å². The molecule has 1 saturated heterocycles. The summed E-state index contributed by atoms with van der Waals surface area (Å²) in [6.45, 7) is -0.255. The Morgan fingerprint density at radius 3 is 2.24 bits per heavy atom. The maximum absolute atomic E-state index is 13.8. The molecule has 1 unspecified atom stereocenters. The molecule has 0 radical (unpaired) electrons. The van der Waals surface area contributed by atoms with Crippen LogP contribution in [0.15, 0.2) is 77.7 Å². The molecule has 1 heterocycles. The Morgan fingerprint density at radius 2 is 1.58 bits per heavy atom. The number of hydrogen-bond acceptors (Lipinski definition) is 6. The standard InChI is InChI=1S/C24H24N2O6S/c1-31-23(32-2)16-25(21-15-22(27)26(24(21)28)19-10-4-3-5-11-19)33(29,30)20-13-12-17-8-6-7-9-18(17)14-20/h3-14,21,23H,15-16H2,1-2H3. The monoisotopic (exact) mass is 468 g/mol. The average molecular weight is 469 g/mol. The predicted octanol–water partition coefficient (Wildman–Crippen LogP) is 2.78. The Kier molecular flexibility index (Phi) is 6.57. The van der Waals surface area contributed by atoms with Gasteiger partial charge in [0.2, 0.25) is 15.9 Å². The molecule has 0 N–H and O–H groups in total. The van der Waals surface area contributed by atoms with Crippen LogP contribution in [0.4, 0.5) is 5.69 Å². The van der Waals surface area contributed by atoms with Crippen molar-refractivity contribution in [3.8, 4) is 0 Å². The van der Waals surface area contributed by atoms with E-state index in [1.165, 1.54) is 20.3 Å². The zero-order valence-electron chi connectivity index (χ0n) is 18.2. The smallest absolute Gasteiger partial charge is 0.252 e. The molecule has 8 nitrogen and oxygen atoms in total. The van der Waals surface area contributed by atoms with Crippen LogP contribution >= 0.6 is 0 Å². The van der Waals surface area contributed by atoms with Crippen LogP contribution in [-0.4, -0.2) is 57.6 Å². The fourth-order valence-corrected chi connectivity index (χ4v) is 5.54. The lowest BCUT2D eigenvalue weighted by Gasteiger charge is -2.29. The number of rotatable bonds is 8. The van der Waals surface area contributed by atoms with E-state index in [1.807, 2.05) is 24.3 Å². The van der Waals surface area contributed by atoms with Gasteiger partial charge in [0.05, 0.1) is 23.5 Å². The van der Waals surface area contributed by atoms with Crippen molar-refractivity contribution in [3.63, 3.8) is 0 Å². The first-order valence-corrected chi connectivity index (χ1v) is 11.8. The zero-order chi connectivity index (χ0) is 23.6. The van der Waals surface area contributed by atoms with Gasteiger partial charge in [0.1, 0.15) is 6.04 Å². The van der Waals surface area contributed by atoms with Gasteiger partial charge >= 0.3 is 0 Å². The number of para-hydroxylation sites is 1. The molecule has 1 atom stereocenters. The van der Waals surface area contributed by atoms with E-state index in [1.54, 1.807) is 42.5 Å². The van der Waals surface area contributed by atoms with E-state index in [2.05, 4.69) is 0 Å². The third-order valence-electron chi connectivity index (χ3n) is 5.67. The summed E-state index contributed by atoms with van der Waals surface area (Å²) in [7, 11) is -1.42. The van der Waals surface area contributed by atoms with Crippen molar-refractivity contribution in [3.05, 3.63) is 72.8 Å². The lowest BCUT2D eigenvalue weighted by molar-refractivity contribution is -0.125. The number of nitrogens with zero attached hydrogens (tertiary/aromatic N) is 2. The van der Waals surface area contributed by atoms with Crippen LogP contribution in [0.25, 0.3) is 10.8 Å². The molecule has 0 aromatic heterocycles. The number of hydrogen-bond donors (Lipinski definition) is 0. The number of amides is 2. The van der Waals surface area contributed by atoms with Crippen LogP contribution in [-0.2, 0) is 29.1 Å². The minimum absolute atomic E-state index is 0.0190. The second-order valence-corrected chi connectivity index (χ2v) is 9.50. The van der Waals surface area contributed by atoms with E-state index in [-0.39, 0.29) is 17.9 Å². The summed E-state index contributed by atoms with van der Waals surface area (Å²) in [6.07, 6.45) is -1.20. The van der Waals surface area contributed by atoms with Gasteiger partial charge in [0.25, 0.3) is 5.91 Å². The Labute approximate surface area is 192 Å². The minimum atomic E-state index is -4.18. The Bertz CT molecular complexity index is 1270. The summed E-state index contributed by atoms with van der Waals surface area (Å²) >= 11 is 0. The van der Waals surface area contributed by atoms with E-state index >= 15 is 0 Å². The fourth-order valence-electron chi connectivity index (χ4n) is 3.94. The van der Waals surface area contributed by atoms with Crippen LogP contribution in [0.2, 0.25) is 0 Å². The van der Waals surface area contributed by atoms with Gasteiger partial charge in [-0.15, -0.1) is 0 Å². The molecule has 2 amide bonds. The SMILES string of the molecule is COC(CN(C1CC(=O)N(c2ccccc2)C1=O)S(=O)(=O)c1ccc2ccccc2c1)OC. The van der Waals surface area contributed by atoms with Gasteiger partial charge in [-0.25, -0.2) is 13.3 Å². The van der Waals surface area contributed by atoms with Crippen LogP contribution in [0.3, 0.4) is 0 Å². The molecule has 9 heteroatoms. The van der Waals surface area contributed by atoms with Gasteiger partial charge in [-0.1, -0.05) is 48.5 Å². The van der Waals surface area contributed by atoms with Gasteiger partial charge in [-0.2, -0.15) is 4.31 Å². The maximum Gasteiger partial charge on any atom is 0.252 e. The lowest BCUT2D eigenvalue weighted by atomic mass is 10.1. The van der Waals surface area contributed by atoms with E-state index < -0.39 is 34.2 Å². The van der Waals surface area contributed by atoms with E-state index in [0.29, 0.717) is 5.69 Å². The molecule has 1 fully saturated rings. The molecule has 0 bridgehead atoms. The second kappa shape index (κ2) is 9.40. The van der Waals surface area contributed by atoms with Gasteiger partial charge in [0, 0.05) is 14.2 Å². The third-order valence-corrected chi connectivity index (χ3v) is 7.54. The van der Waals surface area contributed by atoms with Crippen molar-refractivity contribution in [2.75, 3.05) is 25.7 Å². The molecule has 1 aliphatic heterocycles. The summed E-state index contributed by atoms with van der Waals surface area (Å²) < 4.78 is 39.0. The molecule has 3 aromatic carbocycles. The summed E-state index contributed by atoms with van der Waals surface area (Å²) in [6, 6.07) is 19.4. The van der Waals surface area contributed by atoms with Crippen molar-refractivity contribution in [2.24, 2.45) is 0 Å². The van der Waals surface area contributed by atoms with Crippen LogP contribution in [0.1, 0.15) is 6.42 Å². The lowest BCUT2D eigenvalue weighted by Crippen LogP contribution is -2.49. The van der Waals surface area contributed by atoms with Crippen molar-refractivity contribution in [1.82, 2.24) is 4.31 Å². The topological polar surface area (TPSA) is 93.2 Å². The molecule has 0 aliphatic carbocycles. The molecule has 4 rings (SSSR count). The molecule has 1 aliphatic rings. The fraction of sp³-hybridized carbons (Fsp3) is 0.250. The predicted molar refractivity (Wildman–Crippen MR) is 123 cm³/mol. The number of benzene rings is 3. The Balaban J connectivity index is 1.76. The summed E-state index contributed by atoms with van der Waals surface area (Å²) in [5.41, 5.74) is 0.396. The Hall–Kier alpha value is -3.11. The normalized spacial score (nSPS) is 17.0. The van der Waals surface area contributed by atoms with Crippen LogP contribution in [0, 0.1) is 0 Å². The molecule has 172 valence electrons. The minimum Gasteiger partial charge on any atom is -0.354 e. The first-order valence-electron chi connectivity index (χ1n) is 10.3. The van der Waals surface area contributed by atoms with Gasteiger partial charge < -0.3 is 9.47 Å². The largest absolute Gasteiger partial charge is 0.354 e. The highest BCUT2D eigenvalue weighted by atomic mass is 32.2. The van der Waals surface area contributed by atoms with E-state index in [0.717, 1.165) is 20.0 Å². The number of sulfonamides is 1. The number of methoxy groups -OCH3 is 2. The van der Waals surface area contributed by atoms with E-state index in [9.17, 15) is 18.0 Å².